The second kappa shape index (κ2) is 10.9. The molecule has 0 spiro atoms. The van der Waals surface area contributed by atoms with Gasteiger partial charge in [-0.25, -0.2) is 0 Å². The van der Waals surface area contributed by atoms with Gasteiger partial charge in [-0.1, -0.05) is 51.1 Å². The van der Waals surface area contributed by atoms with Crippen LogP contribution < -0.4 is 5.32 Å². The monoisotopic (exact) mass is 557 g/mol. The fourth-order valence-electron chi connectivity index (χ4n) is 9.96. The molecule has 0 heterocycles. The largest absolute Gasteiger partial charge is 0.348 e. The normalized spacial score (nSPS) is 37.7. The summed E-state index contributed by atoms with van der Waals surface area (Å²) in [5.74, 6) is 3.63. The van der Waals surface area contributed by atoms with Gasteiger partial charge in [0, 0.05) is 19.3 Å². The first kappa shape index (κ1) is 28.8. The van der Waals surface area contributed by atoms with E-state index in [0.29, 0.717) is 46.4 Å². The van der Waals surface area contributed by atoms with E-state index in [9.17, 15) is 22.6 Å². The minimum absolute atomic E-state index is 0.166. The summed E-state index contributed by atoms with van der Waals surface area (Å²) in [5.41, 5.74) is 1.31. The molecule has 1 aromatic rings. The van der Waals surface area contributed by atoms with E-state index in [0.717, 1.165) is 43.4 Å². The van der Waals surface area contributed by atoms with Crippen molar-refractivity contribution in [2.24, 2.45) is 46.3 Å². The van der Waals surface area contributed by atoms with Crippen molar-refractivity contribution < 1.29 is 22.6 Å². The molecule has 0 radical (unpaired) electrons. The van der Waals surface area contributed by atoms with E-state index >= 15 is 0 Å². The lowest BCUT2D eigenvalue weighted by molar-refractivity contribution is -0.140. The highest BCUT2D eigenvalue weighted by molar-refractivity contribution is 7.85. The van der Waals surface area contributed by atoms with E-state index in [1.54, 1.807) is 24.3 Å². The third-order valence-corrected chi connectivity index (χ3v) is 12.7. The van der Waals surface area contributed by atoms with Crippen LogP contribution in [-0.2, 0) is 19.7 Å². The number of hydrogen-bond acceptors (Lipinski definition) is 4. The van der Waals surface area contributed by atoms with Crippen molar-refractivity contribution in [3.05, 3.63) is 35.9 Å². The number of benzene rings is 1. The standard InChI is InChI=1S/C32H47NO5S/c1-21(9-14-30(35)33-29(20-39(36,37)38)22-7-5-4-6-8-22)26-12-13-27-25-11-10-23-19-24(34)15-17-31(23,2)28(25)16-18-32(26,27)3/h4-8,21,23,25-29H,9-20H2,1-3H3,(H,33,35)(H,36,37,38). The van der Waals surface area contributed by atoms with Gasteiger partial charge in [0.1, 0.15) is 5.78 Å². The zero-order valence-corrected chi connectivity index (χ0v) is 24.7. The maximum absolute atomic E-state index is 13.0. The lowest BCUT2D eigenvalue weighted by atomic mass is 9.44. The highest BCUT2D eigenvalue weighted by Crippen LogP contribution is 2.68. The van der Waals surface area contributed by atoms with Crippen LogP contribution >= 0.6 is 0 Å². The molecule has 4 saturated carbocycles. The molecule has 216 valence electrons. The maximum Gasteiger partial charge on any atom is 0.267 e. The minimum Gasteiger partial charge on any atom is -0.348 e. The summed E-state index contributed by atoms with van der Waals surface area (Å²) in [5, 5.41) is 2.87. The molecule has 0 saturated heterocycles. The summed E-state index contributed by atoms with van der Waals surface area (Å²) in [7, 11) is -4.24. The number of fused-ring (bicyclic) bond motifs is 5. The van der Waals surface area contributed by atoms with Gasteiger partial charge in [-0.05, 0) is 103 Å². The molecule has 0 aliphatic heterocycles. The molecule has 5 rings (SSSR count). The average Bonchev–Trinajstić information content (AvgIpc) is 3.24. The second-order valence-corrected chi connectivity index (χ2v) is 15.4. The quantitative estimate of drug-likeness (QED) is 0.362. The molecule has 7 heteroatoms. The van der Waals surface area contributed by atoms with Crippen LogP contribution in [0.3, 0.4) is 0 Å². The number of carbonyl (C=O) groups excluding carboxylic acids is 2. The summed E-state index contributed by atoms with van der Waals surface area (Å²) in [4.78, 5) is 25.2. The Morgan fingerprint density at radius 2 is 1.74 bits per heavy atom. The molecule has 9 atom stereocenters. The predicted octanol–water partition coefficient (Wildman–Crippen LogP) is 6.38. The van der Waals surface area contributed by atoms with Crippen LogP contribution in [0, 0.1) is 46.3 Å². The van der Waals surface area contributed by atoms with Crippen molar-refractivity contribution in [2.75, 3.05) is 5.75 Å². The van der Waals surface area contributed by atoms with Crippen molar-refractivity contribution in [3.8, 4) is 0 Å². The van der Waals surface area contributed by atoms with Gasteiger partial charge in [0.2, 0.25) is 5.91 Å². The molecule has 9 unspecified atom stereocenters. The van der Waals surface area contributed by atoms with Gasteiger partial charge < -0.3 is 5.32 Å². The Balaban J connectivity index is 1.21. The van der Waals surface area contributed by atoms with Crippen LogP contribution in [-0.4, -0.2) is 30.4 Å². The van der Waals surface area contributed by atoms with Crippen LogP contribution in [0.15, 0.2) is 30.3 Å². The molecule has 4 fully saturated rings. The van der Waals surface area contributed by atoms with Gasteiger partial charge in [0.05, 0.1) is 11.8 Å². The van der Waals surface area contributed by atoms with Gasteiger partial charge in [-0.2, -0.15) is 8.42 Å². The molecule has 0 aromatic heterocycles. The third-order valence-electron chi connectivity index (χ3n) is 12.0. The molecule has 1 aromatic carbocycles. The highest BCUT2D eigenvalue weighted by atomic mass is 32.2. The molecule has 4 aliphatic carbocycles. The first-order chi connectivity index (χ1) is 18.4. The first-order valence-electron chi connectivity index (χ1n) is 15.2. The fraction of sp³-hybridized carbons (Fsp3) is 0.750. The van der Waals surface area contributed by atoms with Crippen LogP contribution in [0.1, 0.15) is 103 Å². The Bertz CT molecular complexity index is 1170. The molecule has 6 nitrogen and oxygen atoms in total. The Morgan fingerprint density at radius 3 is 2.46 bits per heavy atom. The van der Waals surface area contributed by atoms with Crippen molar-refractivity contribution in [1.29, 1.82) is 0 Å². The van der Waals surface area contributed by atoms with Crippen molar-refractivity contribution in [3.63, 3.8) is 0 Å². The summed E-state index contributed by atoms with van der Waals surface area (Å²) in [6, 6.07) is 8.21. The number of amides is 1. The van der Waals surface area contributed by atoms with Crippen molar-refractivity contribution >= 4 is 21.8 Å². The van der Waals surface area contributed by atoms with Gasteiger partial charge in [0.25, 0.3) is 10.1 Å². The van der Waals surface area contributed by atoms with E-state index in [-0.39, 0.29) is 5.91 Å². The average molecular weight is 558 g/mol. The summed E-state index contributed by atoms with van der Waals surface area (Å²) in [6.45, 7) is 7.33. The topological polar surface area (TPSA) is 101 Å². The molecular weight excluding hydrogens is 510 g/mol. The van der Waals surface area contributed by atoms with E-state index in [4.69, 9.17) is 0 Å². The van der Waals surface area contributed by atoms with Gasteiger partial charge in [0.15, 0.2) is 0 Å². The van der Waals surface area contributed by atoms with E-state index in [1.807, 2.05) is 6.07 Å². The number of nitrogens with one attached hydrogen (secondary N) is 1. The van der Waals surface area contributed by atoms with Crippen molar-refractivity contribution in [2.45, 2.75) is 97.4 Å². The van der Waals surface area contributed by atoms with Crippen LogP contribution in [0.4, 0.5) is 0 Å². The van der Waals surface area contributed by atoms with E-state index in [1.165, 1.54) is 38.5 Å². The lowest BCUT2D eigenvalue weighted by Gasteiger charge is -2.60. The number of hydrogen-bond donors (Lipinski definition) is 2. The number of carbonyl (C=O) groups is 2. The van der Waals surface area contributed by atoms with Gasteiger partial charge >= 0.3 is 0 Å². The summed E-state index contributed by atoms with van der Waals surface area (Å²) >= 11 is 0. The van der Waals surface area contributed by atoms with Crippen LogP contribution in [0.5, 0.6) is 0 Å². The number of rotatable bonds is 8. The number of ketones is 1. The summed E-state index contributed by atoms with van der Waals surface area (Å²) < 4.78 is 32.7. The predicted molar refractivity (Wildman–Crippen MR) is 152 cm³/mol. The zero-order chi connectivity index (χ0) is 28.0. The molecule has 1 amide bonds. The fourth-order valence-corrected chi connectivity index (χ4v) is 10.7. The second-order valence-electron chi connectivity index (χ2n) is 13.9. The van der Waals surface area contributed by atoms with Gasteiger partial charge in [-0.15, -0.1) is 0 Å². The molecule has 4 aliphatic rings. The van der Waals surface area contributed by atoms with Crippen LogP contribution in [0.25, 0.3) is 0 Å². The zero-order valence-electron chi connectivity index (χ0n) is 23.9. The molecular formula is C32H47NO5S. The van der Waals surface area contributed by atoms with E-state index < -0.39 is 21.9 Å². The maximum atomic E-state index is 13.0. The SMILES string of the molecule is CC(CCC(=O)NC(CS(=O)(=O)O)c1ccccc1)C1CCC2C3CCC4CC(=O)CCC4(C)C3CCC12C. The minimum atomic E-state index is -4.24. The Labute approximate surface area is 234 Å². The third kappa shape index (κ3) is 5.72. The Kier molecular flexibility index (Phi) is 8.06. The Morgan fingerprint density at radius 1 is 1.03 bits per heavy atom. The first-order valence-corrected chi connectivity index (χ1v) is 16.8. The van der Waals surface area contributed by atoms with Gasteiger partial charge in [-0.3, -0.25) is 14.1 Å². The smallest absolute Gasteiger partial charge is 0.267 e. The highest BCUT2D eigenvalue weighted by Gasteiger charge is 2.60. The lowest BCUT2D eigenvalue weighted by Crippen LogP contribution is -2.53. The summed E-state index contributed by atoms with van der Waals surface area (Å²) in [6.07, 6.45) is 11.3. The van der Waals surface area contributed by atoms with Crippen LogP contribution in [0.2, 0.25) is 0 Å². The van der Waals surface area contributed by atoms with Crippen molar-refractivity contribution in [1.82, 2.24) is 5.32 Å². The number of Topliss-reactive ketones (excluding diaryl/α,β-unsaturated/α-hetero) is 1. The molecule has 39 heavy (non-hydrogen) atoms. The molecule has 2 N–H and O–H groups in total. The molecule has 0 bridgehead atoms. The van der Waals surface area contributed by atoms with E-state index in [2.05, 4.69) is 26.1 Å². The Hall–Kier alpha value is -1.73.